The van der Waals surface area contributed by atoms with E-state index >= 15 is 0 Å². The van der Waals surface area contributed by atoms with Gasteiger partial charge in [-0.25, -0.2) is 4.98 Å². The van der Waals surface area contributed by atoms with E-state index in [9.17, 15) is 0 Å². The van der Waals surface area contributed by atoms with Crippen LogP contribution < -0.4 is 5.53 Å². The highest BCUT2D eigenvalue weighted by atomic mass is 15.1. The van der Waals surface area contributed by atoms with Crippen LogP contribution in [0.1, 0.15) is 5.69 Å². The molecule has 0 aromatic carbocycles. The lowest BCUT2D eigenvalue weighted by Gasteiger charge is -1.71. The van der Waals surface area contributed by atoms with Gasteiger partial charge in [-0.2, -0.15) is 0 Å². The summed E-state index contributed by atoms with van der Waals surface area (Å²) in [5.41, 5.74) is 8.90. The molecule has 0 saturated heterocycles. The molecular weight excluding hydrogens is 104 g/mol. The topological polar surface area (TPSA) is 63.3 Å². The first-order valence-electron chi connectivity index (χ1n) is 2.20. The van der Waals surface area contributed by atoms with Gasteiger partial charge in [0, 0.05) is 6.20 Å². The molecule has 1 aromatic heterocycles. The van der Waals surface area contributed by atoms with Crippen LogP contribution in [0.25, 0.3) is 0 Å². The van der Waals surface area contributed by atoms with Crippen molar-refractivity contribution in [1.29, 1.82) is 0 Å². The molecule has 8 heavy (non-hydrogen) atoms. The number of hydrogen-bond donors (Lipinski definition) is 1. The third-order valence-corrected chi connectivity index (χ3v) is 0.787. The van der Waals surface area contributed by atoms with Crippen LogP contribution >= 0.6 is 0 Å². The average Bonchev–Trinajstić information content (AvgIpc) is 2.14. The van der Waals surface area contributed by atoms with E-state index in [0.29, 0.717) is 0 Å². The second-order valence-corrected chi connectivity index (χ2v) is 1.47. The van der Waals surface area contributed by atoms with Crippen LogP contribution in [0.15, 0.2) is 11.3 Å². The molecule has 0 unspecified atom stereocenters. The number of aryl methyl sites for hydroxylation is 1. The van der Waals surface area contributed by atoms with Crippen molar-refractivity contribution in [3.63, 3.8) is 0 Å². The number of nitrogens with one attached hydrogen (secondary N) is 1. The fourth-order valence-electron chi connectivity index (χ4n) is 0.452. The molecule has 1 radical (unpaired) electrons. The maximum Gasteiger partial charge on any atom is 0.248 e. The largest absolute Gasteiger partial charge is 0.328 e. The SMILES string of the molecule is Cc1c[nH]c(N=[N])n1. The first-order chi connectivity index (χ1) is 3.83. The lowest BCUT2D eigenvalue weighted by atomic mass is 10.6. The Labute approximate surface area is 46.5 Å². The van der Waals surface area contributed by atoms with Crippen molar-refractivity contribution in [1.82, 2.24) is 15.5 Å². The number of H-pyrrole nitrogens is 1. The van der Waals surface area contributed by atoms with Crippen LogP contribution in [0, 0.1) is 6.92 Å². The van der Waals surface area contributed by atoms with Crippen molar-refractivity contribution in [3.05, 3.63) is 11.9 Å². The Morgan fingerprint density at radius 1 is 1.88 bits per heavy atom. The maximum atomic E-state index is 8.08. The van der Waals surface area contributed by atoms with Crippen molar-refractivity contribution in [2.24, 2.45) is 5.11 Å². The molecule has 0 aliphatic rings. The van der Waals surface area contributed by atoms with Gasteiger partial charge in [0.05, 0.1) is 5.69 Å². The Bertz CT molecular complexity index is 190. The third-order valence-electron chi connectivity index (χ3n) is 0.787. The van der Waals surface area contributed by atoms with Crippen molar-refractivity contribution in [3.8, 4) is 0 Å². The van der Waals surface area contributed by atoms with E-state index < -0.39 is 0 Å². The summed E-state index contributed by atoms with van der Waals surface area (Å²) in [6.45, 7) is 1.81. The zero-order valence-electron chi connectivity index (χ0n) is 4.42. The van der Waals surface area contributed by atoms with Gasteiger partial charge in [0.1, 0.15) is 0 Å². The molecular formula is C4H5N4. The molecule has 1 heterocycles. The fourth-order valence-corrected chi connectivity index (χ4v) is 0.452. The second kappa shape index (κ2) is 1.73. The Kier molecular flexibility index (Phi) is 1.07. The lowest BCUT2D eigenvalue weighted by molar-refractivity contribution is 1.14. The van der Waals surface area contributed by atoms with Crippen molar-refractivity contribution >= 4 is 5.95 Å². The Morgan fingerprint density at radius 2 is 2.62 bits per heavy atom. The Hall–Kier alpha value is -1.19. The van der Waals surface area contributed by atoms with Gasteiger partial charge in [0.2, 0.25) is 5.95 Å². The molecule has 0 spiro atoms. The van der Waals surface area contributed by atoms with Crippen LogP contribution in [-0.2, 0) is 0 Å². The minimum absolute atomic E-state index is 0.252. The molecule has 4 heteroatoms. The highest BCUT2D eigenvalue weighted by molar-refractivity contribution is 5.15. The summed E-state index contributed by atoms with van der Waals surface area (Å²) in [6.07, 6.45) is 1.66. The highest BCUT2D eigenvalue weighted by Crippen LogP contribution is 2.01. The molecule has 0 bridgehead atoms. The van der Waals surface area contributed by atoms with Gasteiger partial charge >= 0.3 is 0 Å². The van der Waals surface area contributed by atoms with Gasteiger partial charge in [-0.3, -0.25) is 0 Å². The summed E-state index contributed by atoms with van der Waals surface area (Å²) < 4.78 is 0. The van der Waals surface area contributed by atoms with E-state index in [4.69, 9.17) is 5.53 Å². The highest BCUT2D eigenvalue weighted by Gasteiger charge is 1.90. The van der Waals surface area contributed by atoms with Gasteiger partial charge in [-0.15, -0.1) is 0 Å². The molecule has 1 N–H and O–H groups in total. The van der Waals surface area contributed by atoms with Crippen LogP contribution in [0.4, 0.5) is 5.95 Å². The number of nitrogens with zero attached hydrogens (tertiary/aromatic N) is 3. The lowest BCUT2D eigenvalue weighted by Crippen LogP contribution is -1.64. The summed E-state index contributed by atoms with van der Waals surface area (Å²) >= 11 is 0. The van der Waals surface area contributed by atoms with Gasteiger partial charge in [0.15, 0.2) is 0 Å². The maximum absolute atomic E-state index is 8.08. The van der Waals surface area contributed by atoms with E-state index in [1.165, 1.54) is 0 Å². The molecule has 0 fully saturated rings. The molecule has 0 aliphatic carbocycles. The zero-order valence-corrected chi connectivity index (χ0v) is 4.42. The minimum Gasteiger partial charge on any atom is -0.328 e. The standard InChI is InChI=1S/C4H5N4/c1-3-2-6-4(7-3)8-5/h2H,1H3,(H,6,7). The number of hydrogen-bond acceptors (Lipinski definition) is 2. The molecule has 41 valence electrons. The summed E-state index contributed by atoms with van der Waals surface area (Å²) in [5.74, 6) is 0.252. The molecule has 0 saturated carbocycles. The predicted molar refractivity (Wildman–Crippen MR) is 27.5 cm³/mol. The van der Waals surface area contributed by atoms with Gasteiger partial charge < -0.3 is 4.98 Å². The first kappa shape index (κ1) is 4.96. The molecule has 0 amide bonds. The number of imidazole rings is 1. The van der Waals surface area contributed by atoms with E-state index in [1.807, 2.05) is 6.92 Å². The normalized spacial score (nSPS) is 9.12. The summed E-state index contributed by atoms with van der Waals surface area (Å²) in [6, 6.07) is 0. The van der Waals surface area contributed by atoms with E-state index in [0.717, 1.165) is 5.69 Å². The quantitative estimate of drug-likeness (QED) is 0.527. The van der Waals surface area contributed by atoms with Crippen LogP contribution in [0.5, 0.6) is 0 Å². The van der Waals surface area contributed by atoms with Crippen LogP contribution in [0.3, 0.4) is 0 Å². The summed E-state index contributed by atoms with van der Waals surface area (Å²) in [5, 5.41) is 2.82. The minimum atomic E-state index is 0.252. The number of aromatic nitrogens is 2. The molecule has 0 atom stereocenters. The third kappa shape index (κ3) is 0.726. The first-order valence-corrected chi connectivity index (χ1v) is 2.20. The Balaban J connectivity index is 3.00. The fraction of sp³-hybridized carbons (Fsp3) is 0.250. The van der Waals surface area contributed by atoms with E-state index in [-0.39, 0.29) is 5.95 Å². The van der Waals surface area contributed by atoms with Crippen molar-refractivity contribution in [2.45, 2.75) is 6.92 Å². The Morgan fingerprint density at radius 3 is 2.88 bits per heavy atom. The molecule has 4 nitrogen and oxygen atoms in total. The van der Waals surface area contributed by atoms with Gasteiger partial charge in [-0.05, 0) is 12.5 Å². The summed E-state index contributed by atoms with van der Waals surface area (Å²) in [7, 11) is 0. The zero-order chi connectivity index (χ0) is 5.98. The van der Waals surface area contributed by atoms with Crippen LogP contribution in [-0.4, -0.2) is 9.97 Å². The van der Waals surface area contributed by atoms with E-state index in [2.05, 4.69) is 15.1 Å². The summed E-state index contributed by atoms with van der Waals surface area (Å²) in [4.78, 5) is 6.38. The monoisotopic (exact) mass is 109 g/mol. The number of aromatic amines is 1. The molecule has 1 aromatic rings. The predicted octanol–water partition coefficient (Wildman–Crippen LogP) is 0.602. The second-order valence-electron chi connectivity index (χ2n) is 1.47. The van der Waals surface area contributed by atoms with Crippen molar-refractivity contribution < 1.29 is 0 Å². The van der Waals surface area contributed by atoms with Crippen LogP contribution in [0.2, 0.25) is 0 Å². The average molecular weight is 109 g/mol. The van der Waals surface area contributed by atoms with E-state index in [1.54, 1.807) is 6.20 Å². The molecule has 1 rings (SSSR count). The van der Waals surface area contributed by atoms with Gasteiger partial charge in [0.25, 0.3) is 0 Å². The molecule has 0 aliphatic heterocycles. The van der Waals surface area contributed by atoms with Gasteiger partial charge in [-0.1, -0.05) is 5.11 Å². The smallest absolute Gasteiger partial charge is 0.248 e. The van der Waals surface area contributed by atoms with Crippen molar-refractivity contribution in [2.75, 3.05) is 0 Å². The number of rotatable bonds is 1.